The van der Waals surface area contributed by atoms with Crippen LogP contribution >= 0.6 is 0 Å². The van der Waals surface area contributed by atoms with Gasteiger partial charge >= 0.3 is 0 Å². The van der Waals surface area contributed by atoms with Gasteiger partial charge in [0.1, 0.15) is 32.0 Å². The van der Waals surface area contributed by atoms with Crippen molar-refractivity contribution in [2.45, 2.75) is 0 Å². The van der Waals surface area contributed by atoms with Crippen LogP contribution in [-0.4, -0.2) is 72.0 Å². The molecule has 132 valence electrons. The second-order valence-corrected chi connectivity index (χ2v) is 6.70. The maximum Gasteiger partial charge on any atom is 0.279 e. The Labute approximate surface area is 142 Å². The summed E-state index contributed by atoms with van der Waals surface area (Å²) >= 11 is 0. The lowest BCUT2D eigenvalue weighted by Crippen LogP contribution is -3.27. The second kappa shape index (κ2) is 7.92. The fourth-order valence-corrected chi connectivity index (χ4v) is 3.28. The average Bonchev–Trinajstić information content (AvgIpc) is 2.58. The van der Waals surface area contributed by atoms with Crippen LogP contribution in [0, 0.1) is 5.82 Å². The summed E-state index contributed by atoms with van der Waals surface area (Å²) in [7, 11) is 2.18. The van der Waals surface area contributed by atoms with Crippen molar-refractivity contribution >= 4 is 17.3 Å². The number of ether oxygens (including phenoxy) is 1. The molecule has 7 heteroatoms. The number of carbonyl (C=O) groups is 1. The number of piperazine rings is 1. The number of anilines is 2. The largest absolute Gasteiger partial charge is 0.378 e. The van der Waals surface area contributed by atoms with Crippen LogP contribution in [0.5, 0.6) is 0 Å². The number of hydrogen-bond donors (Lipinski definition) is 3. The zero-order valence-electron chi connectivity index (χ0n) is 14.2. The Balaban J connectivity index is 1.55. The van der Waals surface area contributed by atoms with E-state index in [1.165, 1.54) is 15.9 Å². The summed E-state index contributed by atoms with van der Waals surface area (Å²) in [5, 5.41) is 2.82. The van der Waals surface area contributed by atoms with E-state index in [0.717, 1.165) is 26.2 Å². The first-order valence-corrected chi connectivity index (χ1v) is 8.69. The standard InChI is InChI=1S/C17H25FN4O2/c1-20-4-6-21(7-5-20)13-17(23)19-14-2-3-16(15(18)12-14)22-8-10-24-11-9-22/h2-3,12H,4-11,13H2,1H3,(H,19,23)/p+2. The third kappa shape index (κ3) is 4.43. The van der Waals surface area contributed by atoms with Gasteiger partial charge in [-0.15, -0.1) is 0 Å². The van der Waals surface area contributed by atoms with E-state index in [-0.39, 0.29) is 11.7 Å². The molecule has 6 nitrogen and oxygen atoms in total. The van der Waals surface area contributed by atoms with E-state index in [1.54, 1.807) is 12.1 Å². The Bertz CT molecular complexity index is 570. The molecule has 0 radical (unpaired) electrons. The first-order chi connectivity index (χ1) is 11.6. The summed E-state index contributed by atoms with van der Waals surface area (Å²) in [6.07, 6.45) is 0. The van der Waals surface area contributed by atoms with Crippen molar-refractivity contribution in [2.75, 3.05) is 76.3 Å². The molecule has 0 aromatic heterocycles. The van der Waals surface area contributed by atoms with Gasteiger partial charge in [-0.1, -0.05) is 0 Å². The van der Waals surface area contributed by atoms with Gasteiger partial charge in [0.2, 0.25) is 0 Å². The minimum Gasteiger partial charge on any atom is -0.378 e. The number of halogens is 1. The molecular formula is C17H27FN4O2+2. The molecule has 0 atom stereocenters. The van der Waals surface area contributed by atoms with Gasteiger partial charge < -0.3 is 24.8 Å². The second-order valence-electron chi connectivity index (χ2n) is 6.70. The molecule has 0 unspecified atom stereocenters. The lowest BCUT2D eigenvalue weighted by atomic mass is 10.2. The topological polar surface area (TPSA) is 50.5 Å². The maximum atomic E-state index is 14.3. The Morgan fingerprint density at radius 3 is 2.62 bits per heavy atom. The van der Waals surface area contributed by atoms with Crippen molar-refractivity contribution in [3.8, 4) is 0 Å². The molecule has 0 aliphatic carbocycles. The number of rotatable bonds is 4. The van der Waals surface area contributed by atoms with Crippen LogP contribution < -0.4 is 20.0 Å². The normalized spacial score (nSPS) is 24.7. The number of nitrogens with zero attached hydrogens (tertiary/aromatic N) is 1. The highest BCUT2D eigenvalue weighted by atomic mass is 19.1. The van der Waals surface area contributed by atoms with Crippen LogP contribution in [0.2, 0.25) is 0 Å². The van der Waals surface area contributed by atoms with Gasteiger partial charge in [0.05, 0.1) is 25.9 Å². The molecule has 1 aromatic rings. The summed E-state index contributed by atoms with van der Waals surface area (Å²) < 4.78 is 19.6. The van der Waals surface area contributed by atoms with E-state index in [0.29, 0.717) is 44.2 Å². The molecule has 3 rings (SSSR count). The van der Waals surface area contributed by atoms with E-state index >= 15 is 0 Å². The van der Waals surface area contributed by atoms with Gasteiger partial charge in [-0.25, -0.2) is 4.39 Å². The van der Waals surface area contributed by atoms with Crippen molar-refractivity contribution in [3.05, 3.63) is 24.0 Å². The Kier molecular flexibility index (Phi) is 5.65. The van der Waals surface area contributed by atoms with Gasteiger partial charge in [-0.05, 0) is 18.2 Å². The highest BCUT2D eigenvalue weighted by Crippen LogP contribution is 2.23. The van der Waals surface area contributed by atoms with Crippen LogP contribution in [0.4, 0.5) is 15.8 Å². The summed E-state index contributed by atoms with van der Waals surface area (Å²) in [5.41, 5.74) is 1.10. The monoisotopic (exact) mass is 338 g/mol. The minimum absolute atomic E-state index is 0.0527. The number of morpholine rings is 1. The van der Waals surface area contributed by atoms with E-state index in [9.17, 15) is 9.18 Å². The van der Waals surface area contributed by atoms with Gasteiger partial charge in [0.25, 0.3) is 5.91 Å². The molecule has 1 aromatic carbocycles. The molecule has 3 N–H and O–H groups in total. The lowest BCUT2D eigenvalue weighted by Gasteiger charge is -2.29. The van der Waals surface area contributed by atoms with Crippen molar-refractivity contribution in [3.63, 3.8) is 0 Å². The minimum atomic E-state index is -0.301. The fraction of sp³-hybridized carbons (Fsp3) is 0.588. The molecular weight excluding hydrogens is 311 g/mol. The number of likely N-dealkylation sites (N-methyl/N-ethyl adjacent to an activating group) is 1. The molecule has 2 aliphatic heterocycles. The summed E-state index contributed by atoms with van der Waals surface area (Å²) in [6.45, 7) is 7.25. The fourth-order valence-electron chi connectivity index (χ4n) is 3.28. The average molecular weight is 338 g/mol. The molecule has 0 saturated carbocycles. The lowest BCUT2D eigenvalue weighted by molar-refractivity contribution is -0.999. The van der Waals surface area contributed by atoms with Crippen LogP contribution in [0.25, 0.3) is 0 Å². The smallest absolute Gasteiger partial charge is 0.279 e. The molecule has 2 fully saturated rings. The Morgan fingerprint density at radius 2 is 1.96 bits per heavy atom. The zero-order chi connectivity index (χ0) is 16.9. The summed E-state index contributed by atoms with van der Waals surface area (Å²) in [4.78, 5) is 17.0. The van der Waals surface area contributed by atoms with E-state index in [2.05, 4.69) is 12.4 Å². The van der Waals surface area contributed by atoms with E-state index < -0.39 is 0 Å². The quantitative estimate of drug-likeness (QED) is 0.596. The third-order valence-electron chi connectivity index (χ3n) is 4.80. The summed E-state index contributed by atoms with van der Waals surface area (Å²) in [6, 6.07) is 4.92. The summed E-state index contributed by atoms with van der Waals surface area (Å²) in [5.74, 6) is -0.353. The van der Waals surface area contributed by atoms with Gasteiger partial charge in [0.15, 0.2) is 6.54 Å². The number of benzene rings is 1. The van der Waals surface area contributed by atoms with E-state index in [1.807, 2.05) is 4.90 Å². The molecule has 2 saturated heterocycles. The highest BCUT2D eigenvalue weighted by Gasteiger charge is 2.22. The molecule has 0 bridgehead atoms. The number of hydrogen-bond acceptors (Lipinski definition) is 3. The van der Waals surface area contributed by atoms with Crippen molar-refractivity contribution in [1.82, 2.24) is 0 Å². The number of carbonyl (C=O) groups excluding carboxylic acids is 1. The van der Waals surface area contributed by atoms with Crippen LogP contribution in [-0.2, 0) is 9.53 Å². The first-order valence-electron chi connectivity index (χ1n) is 8.69. The predicted octanol–water partition coefficient (Wildman–Crippen LogP) is -1.99. The Morgan fingerprint density at radius 1 is 1.25 bits per heavy atom. The zero-order valence-corrected chi connectivity index (χ0v) is 14.2. The van der Waals surface area contributed by atoms with Crippen molar-refractivity contribution < 1.29 is 23.7 Å². The molecule has 0 spiro atoms. The van der Waals surface area contributed by atoms with Crippen LogP contribution in [0.1, 0.15) is 0 Å². The van der Waals surface area contributed by atoms with Crippen molar-refractivity contribution in [1.29, 1.82) is 0 Å². The van der Waals surface area contributed by atoms with Gasteiger partial charge in [-0.2, -0.15) is 0 Å². The molecule has 24 heavy (non-hydrogen) atoms. The Hall–Kier alpha value is -1.70. The maximum absolute atomic E-state index is 14.3. The molecule has 2 heterocycles. The highest BCUT2D eigenvalue weighted by molar-refractivity contribution is 5.91. The predicted molar refractivity (Wildman–Crippen MR) is 90.2 cm³/mol. The van der Waals surface area contributed by atoms with Gasteiger partial charge in [0, 0.05) is 18.8 Å². The van der Waals surface area contributed by atoms with Gasteiger partial charge in [-0.3, -0.25) is 4.79 Å². The van der Waals surface area contributed by atoms with E-state index in [4.69, 9.17) is 4.74 Å². The number of nitrogens with one attached hydrogen (secondary N) is 3. The SMILES string of the molecule is C[NH+]1CC[NH+](CC(=O)Nc2ccc(N3CCOCC3)c(F)c2)CC1. The van der Waals surface area contributed by atoms with Crippen molar-refractivity contribution in [2.24, 2.45) is 0 Å². The van der Waals surface area contributed by atoms with Crippen LogP contribution in [0.3, 0.4) is 0 Å². The number of amides is 1. The number of quaternary nitrogens is 2. The third-order valence-corrected chi connectivity index (χ3v) is 4.80. The van der Waals surface area contributed by atoms with Crippen LogP contribution in [0.15, 0.2) is 18.2 Å². The molecule has 1 amide bonds. The first kappa shape index (κ1) is 17.1. The molecule has 2 aliphatic rings.